The molecule has 0 bridgehead atoms. The summed E-state index contributed by atoms with van der Waals surface area (Å²) in [5.74, 6) is 0.863. The van der Waals surface area contributed by atoms with Crippen LogP contribution in [-0.2, 0) is 14.3 Å². The van der Waals surface area contributed by atoms with Crippen LogP contribution in [0.25, 0.3) is 0 Å². The number of hydrogen-bond acceptors (Lipinski definition) is 4. The molecule has 0 aromatic rings. The van der Waals surface area contributed by atoms with Crippen molar-refractivity contribution in [3.63, 3.8) is 0 Å². The smallest absolute Gasteiger partial charge is 0.136 e. The van der Waals surface area contributed by atoms with E-state index in [4.69, 9.17) is 9.47 Å². The fraction of sp³-hybridized carbons (Fsp3) is 0.938. The number of ketones is 1. The lowest BCUT2D eigenvalue weighted by atomic mass is 9.68. The van der Waals surface area contributed by atoms with Crippen LogP contribution in [0.2, 0.25) is 0 Å². The normalized spacial score (nSPS) is 25.8. The van der Waals surface area contributed by atoms with Gasteiger partial charge in [0.25, 0.3) is 0 Å². The molecule has 0 spiro atoms. The fourth-order valence-electron chi connectivity index (χ4n) is 2.89. The first-order chi connectivity index (χ1) is 9.34. The lowest BCUT2D eigenvalue weighted by Gasteiger charge is -2.37. The van der Waals surface area contributed by atoms with Crippen LogP contribution < -0.4 is 0 Å². The van der Waals surface area contributed by atoms with E-state index in [0.717, 1.165) is 12.8 Å². The summed E-state index contributed by atoms with van der Waals surface area (Å²) in [5, 5.41) is 9.99. The van der Waals surface area contributed by atoms with E-state index >= 15 is 0 Å². The van der Waals surface area contributed by atoms with Crippen molar-refractivity contribution < 1.29 is 19.4 Å². The molecule has 20 heavy (non-hydrogen) atoms. The summed E-state index contributed by atoms with van der Waals surface area (Å²) in [6, 6.07) is 0. The Kier molecular flexibility index (Phi) is 7.13. The molecule has 0 radical (unpaired) electrons. The van der Waals surface area contributed by atoms with E-state index < -0.39 is 6.10 Å². The Balaban J connectivity index is 2.38. The largest absolute Gasteiger partial charge is 0.391 e. The van der Waals surface area contributed by atoms with Crippen LogP contribution in [-0.4, -0.2) is 43.9 Å². The fourth-order valence-corrected chi connectivity index (χ4v) is 2.89. The molecule has 1 saturated carbocycles. The average Bonchev–Trinajstić information content (AvgIpc) is 2.36. The minimum Gasteiger partial charge on any atom is -0.391 e. The molecule has 118 valence electrons. The highest BCUT2D eigenvalue weighted by atomic mass is 16.5. The van der Waals surface area contributed by atoms with Crippen molar-refractivity contribution in [1.82, 2.24) is 0 Å². The molecule has 0 amide bonds. The van der Waals surface area contributed by atoms with Crippen LogP contribution >= 0.6 is 0 Å². The predicted octanol–water partition coefficient (Wildman–Crippen LogP) is 2.43. The summed E-state index contributed by atoms with van der Waals surface area (Å²) >= 11 is 0. The first-order valence-corrected chi connectivity index (χ1v) is 7.62. The molecule has 1 aliphatic carbocycles. The summed E-state index contributed by atoms with van der Waals surface area (Å²) in [6.45, 7) is 7.99. The molecular formula is C16H30O4. The summed E-state index contributed by atoms with van der Waals surface area (Å²) in [4.78, 5) is 12.0. The molecule has 1 fully saturated rings. The van der Waals surface area contributed by atoms with Crippen molar-refractivity contribution in [3.8, 4) is 0 Å². The number of carbonyl (C=O) groups is 1. The van der Waals surface area contributed by atoms with Crippen molar-refractivity contribution >= 4 is 5.78 Å². The summed E-state index contributed by atoms with van der Waals surface area (Å²) in [6.07, 6.45) is 2.51. The molecule has 1 rings (SSSR count). The van der Waals surface area contributed by atoms with Gasteiger partial charge in [0.15, 0.2) is 0 Å². The highest BCUT2D eigenvalue weighted by Gasteiger charge is 2.35. The van der Waals surface area contributed by atoms with E-state index in [0.29, 0.717) is 37.8 Å². The monoisotopic (exact) mass is 286 g/mol. The van der Waals surface area contributed by atoms with Crippen LogP contribution in [0.4, 0.5) is 0 Å². The van der Waals surface area contributed by atoms with Gasteiger partial charge in [-0.2, -0.15) is 0 Å². The number of hydrogen-bond donors (Lipinski definition) is 1. The molecule has 3 unspecified atom stereocenters. The van der Waals surface area contributed by atoms with Crippen LogP contribution in [0.5, 0.6) is 0 Å². The number of aliphatic hydroxyl groups is 1. The topological polar surface area (TPSA) is 55.8 Å². The molecule has 1 N–H and O–H groups in total. The van der Waals surface area contributed by atoms with E-state index in [2.05, 4.69) is 20.8 Å². The summed E-state index contributed by atoms with van der Waals surface area (Å²) in [5.41, 5.74) is 0.235. The van der Waals surface area contributed by atoms with Crippen LogP contribution in [0, 0.1) is 17.3 Å². The number of carbonyl (C=O) groups excluding carboxylic acids is 1. The van der Waals surface area contributed by atoms with E-state index in [1.54, 1.807) is 7.11 Å². The molecule has 0 aliphatic heterocycles. The van der Waals surface area contributed by atoms with Crippen molar-refractivity contribution in [1.29, 1.82) is 0 Å². The molecule has 4 nitrogen and oxygen atoms in total. The van der Waals surface area contributed by atoms with Crippen molar-refractivity contribution in [2.75, 3.05) is 26.9 Å². The molecule has 3 atom stereocenters. The molecule has 0 aromatic heterocycles. The second kappa shape index (κ2) is 8.11. The van der Waals surface area contributed by atoms with Crippen LogP contribution in [0.1, 0.15) is 46.5 Å². The Morgan fingerprint density at radius 2 is 2.05 bits per heavy atom. The van der Waals surface area contributed by atoms with Gasteiger partial charge >= 0.3 is 0 Å². The highest BCUT2D eigenvalue weighted by Crippen LogP contribution is 2.40. The van der Waals surface area contributed by atoms with Gasteiger partial charge in [-0.1, -0.05) is 20.8 Å². The second-order valence-corrected chi connectivity index (χ2v) is 6.96. The second-order valence-electron chi connectivity index (χ2n) is 6.96. The molecular weight excluding hydrogens is 256 g/mol. The maximum Gasteiger partial charge on any atom is 0.136 e. The number of Topliss-reactive ketones (excluding diaryl/α,β-unsaturated/α-hetero) is 1. The third kappa shape index (κ3) is 5.90. The predicted molar refractivity (Wildman–Crippen MR) is 78.6 cm³/mol. The first kappa shape index (κ1) is 17.6. The first-order valence-electron chi connectivity index (χ1n) is 7.62. The minimum atomic E-state index is -0.556. The summed E-state index contributed by atoms with van der Waals surface area (Å²) < 4.78 is 10.2. The van der Waals surface area contributed by atoms with Crippen molar-refractivity contribution in [3.05, 3.63) is 0 Å². The number of rotatable bonds is 7. The lowest BCUT2D eigenvalue weighted by molar-refractivity contribution is -0.128. The van der Waals surface area contributed by atoms with Gasteiger partial charge in [-0.25, -0.2) is 0 Å². The molecule has 0 heterocycles. The molecule has 0 aromatic carbocycles. The van der Waals surface area contributed by atoms with Gasteiger partial charge in [-0.05, 0) is 30.6 Å². The van der Waals surface area contributed by atoms with Gasteiger partial charge in [0.05, 0.1) is 25.9 Å². The van der Waals surface area contributed by atoms with Crippen LogP contribution in [0.15, 0.2) is 0 Å². The van der Waals surface area contributed by atoms with Gasteiger partial charge in [-0.15, -0.1) is 0 Å². The third-order valence-electron chi connectivity index (χ3n) is 4.29. The SMILES string of the molecule is COCCOCC(O)CC1CC(C(C)(C)C)CCC1=O. The van der Waals surface area contributed by atoms with Crippen molar-refractivity contribution in [2.24, 2.45) is 17.3 Å². The van der Waals surface area contributed by atoms with E-state index in [-0.39, 0.29) is 17.9 Å². The van der Waals surface area contributed by atoms with Crippen LogP contribution in [0.3, 0.4) is 0 Å². The van der Waals surface area contributed by atoms with Crippen molar-refractivity contribution in [2.45, 2.75) is 52.6 Å². The Bertz CT molecular complexity index is 295. The quantitative estimate of drug-likeness (QED) is 0.730. The zero-order valence-corrected chi connectivity index (χ0v) is 13.4. The zero-order valence-electron chi connectivity index (χ0n) is 13.4. The molecule has 0 saturated heterocycles. The van der Waals surface area contributed by atoms with Gasteiger partial charge in [-0.3, -0.25) is 4.79 Å². The Morgan fingerprint density at radius 3 is 2.65 bits per heavy atom. The number of aliphatic hydroxyl groups excluding tert-OH is 1. The maximum absolute atomic E-state index is 12.0. The Hall–Kier alpha value is -0.450. The summed E-state index contributed by atoms with van der Waals surface area (Å²) in [7, 11) is 1.62. The number of ether oxygens (including phenoxy) is 2. The van der Waals surface area contributed by atoms with Gasteiger partial charge in [0.2, 0.25) is 0 Å². The maximum atomic E-state index is 12.0. The van der Waals surface area contributed by atoms with E-state index in [1.807, 2.05) is 0 Å². The van der Waals surface area contributed by atoms with Gasteiger partial charge < -0.3 is 14.6 Å². The van der Waals surface area contributed by atoms with E-state index in [9.17, 15) is 9.90 Å². The molecule has 1 aliphatic rings. The van der Waals surface area contributed by atoms with E-state index in [1.165, 1.54) is 0 Å². The number of methoxy groups -OCH3 is 1. The minimum absolute atomic E-state index is 0.00556. The average molecular weight is 286 g/mol. The third-order valence-corrected chi connectivity index (χ3v) is 4.29. The highest BCUT2D eigenvalue weighted by molar-refractivity contribution is 5.81. The van der Waals surface area contributed by atoms with Gasteiger partial charge in [0, 0.05) is 19.4 Å². The lowest BCUT2D eigenvalue weighted by Crippen LogP contribution is -2.34. The standard InChI is InChI=1S/C16H30O4/c1-16(2,3)13-5-6-15(18)12(9-13)10-14(17)11-20-8-7-19-4/h12-14,17H,5-11H2,1-4H3. The zero-order chi connectivity index (χ0) is 15.2. The molecule has 4 heteroatoms. The Morgan fingerprint density at radius 1 is 1.35 bits per heavy atom. The van der Waals surface area contributed by atoms with Gasteiger partial charge in [0.1, 0.15) is 5.78 Å². The Labute approximate surface area is 122 Å².